The molecule has 2 heterocycles. The topological polar surface area (TPSA) is 99.2 Å². The third-order valence-corrected chi connectivity index (χ3v) is 10.2. The van der Waals surface area contributed by atoms with Crippen molar-refractivity contribution in [3.05, 3.63) is 29.8 Å². The molecule has 0 unspecified atom stereocenters. The minimum Gasteiger partial charge on any atom is -0.487 e. The first-order chi connectivity index (χ1) is 17.0. The van der Waals surface area contributed by atoms with Gasteiger partial charge in [0.05, 0.1) is 0 Å². The molecular formula is C23H31F4N3O5S. The highest BCUT2D eigenvalue weighted by atomic mass is 32.2. The molecule has 1 aliphatic carbocycles. The maximum Gasteiger partial charge on any atom is 0.340 e. The molecule has 0 spiro atoms. The number of benzene rings is 1. The molecule has 0 radical (unpaired) electrons. The normalized spacial score (nSPS) is 22.5. The van der Waals surface area contributed by atoms with Gasteiger partial charge in [0.1, 0.15) is 5.75 Å². The van der Waals surface area contributed by atoms with Crippen molar-refractivity contribution >= 4 is 15.9 Å². The number of nitrogens with one attached hydrogen (secondary N) is 1. The van der Waals surface area contributed by atoms with Crippen LogP contribution in [0.5, 0.6) is 5.75 Å². The number of hydroxylamine groups is 1. The summed E-state index contributed by atoms with van der Waals surface area (Å²) in [5.41, 5.74) is 2.43. The lowest BCUT2D eigenvalue weighted by Crippen LogP contribution is -2.62. The monoisotopic (exact) mass is 537 g/mol. The fraction of sp³-hybridized carbons (Fsp3) is 0.696. The number of amides is 1. The Balaban J connectivity index is 1.37. The molecule has 3 fully saturated rings. The Kier molecular flexibility index (Phi) is 7.84. The molecule has 1 saturated carbocycles. The van der Waals surface area contributed by atoms with Crippen molar-refractivity contribution in [1.29, 1.82) is 0 Å². The lowest BCUT2D eigenvalue weighted by Gasteiger charge is -2.43. The van der Waals surface area contributed by atoms with Gasteiger partial charge in [-0.1, -0.05) is 12.1 Å². The summed E-state index contributed by atoms with van der Waals surface area (Å²) in [7, 11) is -4.05. The van der Waals surface area contributed by atoms with Crippen LogP contribution in [0.3, 0.4) is 0 Å². The van der Waals surface area contributed by atoms with Gasteiger partial charge in [-0.2, -0.15) is 8.78 Å². The van der Waals surface area contributed by atoms with Crippen LogP contribution >= 0.6 is 0 Å². The van der Waals surface area contributed by atoms with Crippen LogP contribution in [0.15, 0.2) is 24.3 Å². The first-order valence-electron chi connectivity index (χ1n) is 12.1. The number of halogens is 4. The van der Waals surface area contributed by atoms with E-state index in [1.807, 2.05) is 0 Å². The van der Waals surface area contributed by atoms with Crippen LogP contribution < -0.4 is 10.2 Å². The fourth-order valence-electron chi connectivity index (χ4n) is 5.15. The molecular weight excluding hydrogens is 506 g/mol. The minimum atomic E-state index is -4.24. The van der Waals surface area contributed by atoms with Gasteiger partial charge in [0.2, 0.25) is 10.0 Å². The summed E-state index contributed by atoms with van der Waals surface area (Å²) in [6.45, 7) is -0.0872. The third-order valence-electron chi connectivity index (χ3n) is 7.57. The molecule has 8 nitrogen and oxygen atoms in total. The second kappa shape index (κ2) is 10.4. The van der Waals surface area contributed by atoms with Crippen LogP contribution in [0.25, 0.3) is 0 Å². The lowest BCUT2D eigenvalue weighted by molar-refractivity contribution is -0.148. The number of sulfonamides is 1. The summed E-state index contributed by atoms with van der Waals surface area (Å²) in [5.74, 6) is -5.11. The number of carbonyl (C=O) groups is 1. The molecule has 1 aromatic carbocycles. The van der Waals surface area contributed by atoms with E-state index in [0.29, 0.717) is 32.0 Å². The van der Waals surface area contributed by atoms with Crippen molar-refractivity contribution in [2.24, 2.45) is 0 Å². The Morgan fingerprint density at radius 1 is 1.08 bits per heavy atom. The smallest absolute Gasteiger partial charge is 0.340 e. The zero-order valence-electron chi connectivity index (χ0n) is 19.7. The second-order valence-corrected chi connectivity index (χ2v) is 12.0. The van der Waals surface area contributed by atoms with E-state index in [4.69, 9.17) is 4.74 Å². The van der Waals surface area contributed by atoms with Gasteiger partial charge >= 0.3 is 12.3 Å². The molecule has 0 atom stereocenters. The molecule has 3 aliphatic rings. The zero-order chi connectivity index (χ0) is 26.1. The van der Waals surface area contributed by atoms with Gasteiger partial charge < -0.3 is 9.64 Å². The first kappa shape index (κ1) is 27.1. The molecule has 2 aliphatic heterocycles. The Labute approximate surface area is 207 Å². The van der Waals surface area contributed by atoms with Crippen LogP contribution in [0.1, 0.15) is 50.0 Å². The quantitative estimate of drug-likeness (QED) is 0.286. The summed E-state index contributed by atoms with van der Waals surface area (Å²) in [4.78, 5) is 14.9. The van der Waals surface area contributed by atoms with Crippen LogP contribution in [-0.4, -0.2) is 84.7 Å². The summed E-state index contributed by atoms with van der Waals surface area (Å²) in [5, 5.41) is 9.34. The van der Waals surface area contributed by atoms with E-state index < -0.39 is 39.6 Å². The average molecular weight is 538 g/mol. The number of alkyl halides is 4. The van der Waals surface area contributed by atoms with E-state index in [1.54, 1.807) is 17.6 Å². The molecule has 4 rings (SSSR count). The van der Waals surface area contributed by atoms with Crippen molar-refractivity contribution in [2.75, 3.05) is 32.8 Å². The number of hydrogen-bond donors (Lipinski definition) is 2. The van der Waals surface area contributed by atoms with Gasteiger partial charge in [-0.25, -0.2) is 27.0 Å². The number of hydrogen-bond acceptors (Lipinski definition) is 6. The predicted octanol–water partition coefficient (Wildman–Crippen LogP) is 2.98. The second-order valence-electron chi connectivity index (χ2n) is 9.80. The molecule has 0 bridgehead atoms. The molecule has 0 aromatic heterocycles. The standard InChI is InChI=1S/C23H31F4N3O5S/c24-20(25)23(26,27)15-35-19-5-1-16(2-6-19)17-7-11-30(12-8-17)36(33,34)22(21(31)28-32)9-13-29(14-10-22)18-3-4-18/h1-2,5-6,17-18,20,32H,3-4,7-15H2,(H,28,31). The van der Waals surface area contributed by atoms with E-state index in [2.05, 4.69) is 4.90 Å². The van der Waals surface area contributed by atoms with Gasteiger partial charge in [-0.3, -0.25) is 10.0 Å². The molecule has 2 N–H and O–H groups in total. The van der Waals surface area contributed by atoms with E-state index in [1.165, 1.54) is 16.4 Å². The summed E-state index contributed by atoms with van der Waals surface area (Å²) in [6, 6.07) is 6.61. The van der Waals surface area contributed by atoms with E-state index >= 15 is 0 Å². The van der Waals surface area contributed by atoms with Crippen molar-refractivity contribution in [2.45, 2.75) is 67.6 Å². The lowest BCUT2D eigenvalue weighted by atomic mass is 9.90. The number of rotatable bonds is 9. The van der Waals surface area contributed by atoms with Gasteiger partial charge in [0.25, 0.3) is 5.91 Å². The Morgan fingerprint density at radius 2 is 1.67 bits per heavy atom. The molecule has 1 aromatic rings. The number of piperidine rings is 2. The van der Waals surface area contributed by atoms with Crippen molar-refractivity contribution in [1.82, 2.24) is 14.7 Å². The van der Waals surface area contributed by atoms with Crippen molar-refractivity contribution < 1.29 is 40.7 Å². The molecule has 2 saturated heterocycles. The minimum absolute atomic E-state index is 0.00710. The average Bonchev–Trinajstić information content (AvgIpc) is 3.73. The SMILES string of the molecule is O=C(NO)C1(S(=O)(=O)N2CCC(c3ccc(OCC(F)(F)C(F)F)cc3)CC2)CCN(C2CC2)CC1. The van der Waals surface area contributed by atoms with Gasteiger partial charge in [0, 0.05) is 32.2 Å². The van der Waals surface area contributed by atoms with Crippen molar-refractivity contribution in [3.8, 4) is 5.75 Å². The van der Waals surface area contributed by atoms with Crippen LogP contribution in [-0.2, 0) is 14.8 Å². The highest BCUT2D eigenvalue weighted by molar-refractivity contribution is 7.91. The van der Waals surface area contributed by atoms with Gasteiger partial charge in [-0.15, -0.1) is 0 Å². The Morgan fingerprint density at radius 3 is 2.17 bits per heavy atom. The highest BCUT2D eigenvalue weighted by Gasteiger charge is 2.56. The first-order valence-corrected chi connectivity index (χ1v) is 13.5. The maximum atomic E-state index is 13.6. The summed E-state index contributed by atoms with van der Waals surface area (Å²) < 4.78 is 82.4. The maximum absolute atomic E-state index is 13.6. The van der Waals surface area contributed by atoms with E-state index in [0.717, 1.165) is 18.4 Å². The highest BCUT2D eigenvalue weighted by Crippen LogP contribution is 2.40. The Bertz CT molecular complexity index is 1020. The number of nitrogens with zero attached hydrogens (tertiary/aromatic N) is 2. The summed E-state index contributed by atoms with van der Waals surface area (Å²) in [6.07, 6.45) is -0.466. The molecule has 1 amide bonds. The molecule has 202 valence electrons. The number of likely N-dealkylation sites (tertiary alicyclic amines) is 1. The van der Waals surface area contributed by atoms with Crippen LogP contribution in [0.4, 0.5) is 17.6 Å². The number of carbonyl (C=O) groups excluding carboxylic acids is 1. The molecule has 36 heavy (non-hydrogen) atoms. The summed E-state index contributed by atoms with van der Waals surface area (Å²) >= 11 is 0. The largest absolute Gasteiger partial charge is 0.487 e. The number of ether oxygens (including phenoxy) is 1. The van der Waals surface area contributed by atoms with Crippen molar-refractivity contribution in [3.63, 3.8) is 0 Å². The van der Waals surface area contributed by atoms with Crippen LogP contribution in [0.2, 0.25) is 0 Å². The van der Waals surface area contributed by atoms with Gasteiger partial charge in [-0.05, 0) is 62.1 Å². The molecule has 13 heteroatoms. The van der Waals surface area contributed by atoms with Crippen LogP contribution in [0, 0.1) is 0 Å². The van der Waals surface area contributed by atoms with E-state index in [9.17, 15) is 36.0 Å². The Hall–Kier alpha value is -1.96. The fourth-order valence-corrected chi connectivity index (χ4v) is 7.31. The van der Waals surface area contributed by atoms with Gasteiger partial charge in [0.15, 0.2) is 11.4 Å². The van der Waals surface area contributed by atoms with E-state index in [-0.39, 0.29) is 37.6 Å². The predicted molar refractivity (Wildman–Crippen MR) is 122 cm³/mol. The zero-order valence-corrected chi connectivity index (χ0v) is 20.5. The third kappa shape index (κ3) is 5.34.